The standard InChI is InChI=1S/C27H32N4O4/c1-3-34-24-14-13-20(15-25(24)35-4-2)27(33)28-17-26(32)30-22-11-8-12-23-21(22)16-29-31(23)18-19-9-6-5-7-10-19/h5-7,9-10,13-16,22H,3-4,8,11-12,17-18H2,1-2H3,(H,28,33)(H,30,32). The van der Waals surface area contributed by atoms with Crippen molar-refractivity contribution in [3.05, 3.63) is 77.1 Å². The van der Waals surface area contributed by atoms with Crippen molar-refractivity contribution in [2.45, 2.75) is 45.7 Å². The van der Waals surface area contributed by atoms with Gasteiger partial charge in [0.05, 0.1) is 38.5 Å². The second-order valence-electron chi connectivity index (χ2n) is 8.41. The minimum atomic E-state index is -0.343. The molecule has 1 aromatic heterocycles. The number of nitrogens with zero attached hydrogens (tertiary/aromatic N) is 2. The van der Waals surface area contributed by atoms with Crippen LogP contribution in [0.4, 0.5) is 0 Å². The third kappa shape index (κ3) is 6.01. The monoisotopic (exact) mass is 476 g/mol. The molecule has 2 amide bonds. The topological polar surface area (TPSA) is 94.5 Å². The predicted molar refractivity (Wildman–Crippen MR) is 133 cm³/mol. The van der Waals surface area contributed by atoms with E-state index in [-0.39, 0.29) is 24.4 Å². The predicted octanol–water partition coefficient (Wildman–Crippen LogP) is 3.65. The Labute approximate surface area is 205 Å². The van der Waals surface area contributed by atoms with Crippen LogP contribution in [0.2, 0.25) is 0 Å². The first-order valence-corrected chi connectivity index (χ1v) is 12.1. The van der Waals surface area contributed by atoms with Gasteiger partial charge in [0.15, 0.2) is 11.5 Å². The maximum Gasteiger partial charge on any atom is 0.251 e. The van der Waals surface area contributed by atoms with Crippen LogP contribution < -0.4 is 20.1 Å². The zero-order chi connectivity index (χ0) is 24.6. The van der Waals surface area contributed by atoms with Gasteiger partial charge in [0.25, 0.3) is 5.91 Å². The van der Waals surface area contributed by atoms with Gasteiger partial charge < -0.3 is 20.1 Å². The summed E-state index contributed by atoms with van der Waals surface area (Å²) in [5, 5.41) is 10.3. The van der Waals surface area contributed by atoms with E-state index in [0.717, 1.165) is 30.5 Å². The van der Waals surface area contributed by atoms with Gasteiger partial charge in [-0.05, 0) is 56.9 Å². The molecule has 1 atom stereocenters. The van der Waals surface area contributed by atoms with Gasteiger partial charge in [-0.2, -0.15) is 5.10 Å². The normalized spacial score (nSPS) is 14.6. The summed E-state index contributed by atoms with van der Waals surface area (Å²) in [6.45, 7) is 5.31. The molecule has 0 saturated carbocycles. The highest BCUT2D eigenvalue weighted by Crippen LogP contribution is 2.30. The number of carbonyl (C=O) groups excluding carboxylic acids is 2. The third-order valence-electron chi connectivity index (χ3n) is 5.99. The van der Waals surface area contributed by atoms with Crippen molar-refractivity contribution in [3.8, 4) is 11.5 Å². The molecule has 184 valence electrons. The van der Waals surface area contributed by atoms with Crippen LogP contribution >= 0.6 is 0 Å². The highest BCUT2D eigenvalue weighted by molar-refractivity contribution is 5.97. The summed E-state index contributed by atoms with van der Waals surface area (Å²) in [6.07, 6.45) is 4.61. The van der Waals surface area contributed by atoms with Crippen LogP contribution in [-0.2, 0) is 17.8 Å². The van der Waals surface area contributed by atoms with Gasteiger partial charge in [0.2, 0.25) is 5.91 Å². The van der Waals surface area contributed by atoms with E-state index in [2.05, 4.69) is 27.9 Å². The molecule has 2 N–H and O–H groups in total. The summed E-state index contributed by atoms with van der Waals surface area (Å²) in [6, 6.07) is 15.1. The molecule has 8 heteroatoms. The zero-order valence-electron chi connectivity index (χ0n) is 20.3. The highest BCUT2D eigenvalue weighted by Gasteiger charge is 2.25. The van der Waals surface area contributed by atoms with Crippen LogP contribution in [0, 0.1) is 0 Å². The first-order valence-electron chi connectivity index (χ1n) is 12.1. The summed E-state index contributed by atoms with van der Waals surface area (Å²) in [5.41, 5.74) is 3.81. The second kappa shape index (κ2) is 11.6. The summed E-state index contributed by atoms with van der Waals surface area (Å²) >= 11 is 0. The summed E-state index contributed by atoms with van der Waals surface area (Å²) < 4.78 is 13.2. The van der Waals surface area contributed by atoms with Gasteiger partial charge in [-0.3, -0.25) is 14.3 Å². The van der Waals surface area contributed by atoms with Crippen molar-refractivity contribution in [1.29, 1.82) is 0 Å². The van der Waals surface area contributed by atoms with Crippen LogP contribution in [0.25, 0.3) is 0 Å². The Hall–Kier alpha value is -3.81. The van der Waals surface area contributed by atoms with Gasteiger partial charge in [0, 0.05) is 16.8 Å². The number of rotatable bonds is 10. The van der Waals surface area contributed by atoms with Crippen LogP contribution in [0.1, 0.15) is 59.9 Å². The molecule has 1 aliphatic carbocycles. The molecule has 4 rings (SSSR count). The zero-order valence-corrected chi connectivity index (χ0v) is 20.3. The molecule has 35 heavy (non-hydrogen) atoms. The number of amides is 2. The van der Waals surface area contributed by atoms with Gasteiger partial charge in [-0.15, -0.1) is 0 Å². The van der Waals surface area contributed by atoms with Gasteiger partial charge in [0.1, 0.15) is 0 Å². The van der Waals surface area contributed by atoms with Gasteiger partial charge in [-0.1, -0.05) is 30.3 Å². The average molecular weight is 477 g/mol. The Morgan fingerprint density at radius 3 is 2.60 bits per heavy atom. The Morgan fingerprint density at radius 1 is 1.06 bits per heavy atom. The fourth-order valence-electron chi connectivity index (χ4n) is 4.36. The van der Waals surface area contributed by atoms with E-state index >= 15 is 0 Å². The molecule has 0 saturated heterocycles. The summed E-state index contributed by atoms with van der Waals surface area (Å²) in [7, 11) is 0. The molecular weight excluding hydrogens is 444 g/mol. The van der Waals surface area contributed by atoms with Crippen LogP contribution in [-0.4, -0.2) is 41.4 Å². The lowest BCUT2D eigenvalue weighted by Crippen LogP contribution is -2.39. The maximum atomic E-state index is 12.7. The van der Waals surface area contributed by atoms with Gasteiger partial charge >= 0.3 is 0 Å². The van der Waals surface area contributed by atoms with E-state index < -0.39 is 0 Å². The van der Waals surface area contributed by atoms with Crippen LogP contribution in [0.5, 0.6) is 11.5 Å². The van der Waals surface area contributed by atoms with E-state index in [0.29, 0.717) is 36.8 Å². The van der Waals surface area contributed by atoms with Crippen molar-refractivity contribution in [2.75, 3.05) is 19.8 Å². The van der Waals surface area contributed by atoms with Crippen molar-refractivity contribution < 1.29 is 19.1 Å². The maximum absolute atomic E-state index is 12.7. The summed E-state index contributed by atoms with van der Waals surface area (Å²) in [5.74, 6) is 0.519. The molecule has 1 unspecified atom stereocenters. The quantitative estimate of drug-likeness (QED) is 0.466. The molecule has 1 heterocycles. The molecule has 0 spiro atoms. The van der Waals surface area contributed by atoms with E-state index in [1.165, 1.54) is 5.56 Å². The fourth-order valence-corrected chi connectivity index (χ4v) is 4.36. The molecule has 0 aliphatic heterocycles. The fraction of sp³-hybridized carbons (Fsp3) is 0.370. The van der Waals surface area contributed by atoms with E-state index in [9.17, 15) is 9.59 Å². The molecule has 1 aliphatic rings. The van der Waals surface area contributed by atoms with Crippen molar-refractivity contribution in [3.63, 3.8) is 0 Å². The van der Waals surface area contributed by atoms with Crippen molar-refractivity contribution in [1.82, 2.24) is 20.4 Å². The van der Waals surface area contributed by atoms with Crippen LogP contribution in [0.15, 0.2) is 54.7 Å². The number of ether oxygens (including phenoxy) is 2. The Balaban J connectivity index is 1.35. The lowest BCUT2D eigenvalue weighted by Gasteiger charge is -2.24. The van der Waals surface area contributed by atoms with Crippen LogP contribution in [0.3, 0.4) is 0 Å². The smallest absolute Gasteiger partial charge is 0.251 e. The molecule has 0 fully saturated rings. The second-order valence-corrected chi connectivity index (χ2v) is 8.41. The number of aromatic nitrogens is 2. The molecule has 2 aromatic carbocycles. The minimum Gasteiger partial charge on any atom is -0.490 e. The van der Waals surface area contributed by atoms with E-state index in [1.807, 2.05) is 42.9 Å². The molecule has 0 bridgehead atoms. The van der Waals surface area contributed by atoms with Crippen molar-refractivity contribution >= 4 is 11.8 Å². The Morgan fingerprint density at radius 2 is 1.83 bits per heavy atom. The molecule has 3 aromatic rings. The first-order chi connectivity index (χ1) is 17.1. The number of hydrogen-bond donors (Lipinski definition) is 2. The number of fused-ring (bicyclic) bond motifs is 1. The Kier molecular flexibility index (Phi) is 8.03. The lowest BCUT2D eigenvalue weighted by atomic mass is 9.93. The molecule has 8 nitrogen and oxygen atoms in total. The lowest BCUT2D eigenvalue weighted by molar-refractivity contribution is -0.121. The molecular formula is C27H32N4O4. The van der Waals surface area contributed by atoms with E-state index in [1.54, 1.807) is 18.2 Å². The first kappa shape index (κ1) is 24.3. The summed E-state index contributed by atoms with van der Waals surface area (Å²) in [4.78, 5) is 25.3. The molecule has 0 radical (unpaired) electrons. The highest BCUT2D eigenvalue weighted by atomic mass is 16.5. The SMILES string of the molecule is CCOc1ccc(C(=O)NCC(=O)NC2CCCc3c2cnn3Cc2ccccc2)cc1OCC. The number of hydrogen-bond acceptors (Lipinski definition) is 5. The average Bonchev–Trinajstić information content (AvgIpc) is 3.28. The largest absolute Gasteiger partial charge is 0.490 e. The number of carbonyl (C=O) groups is 2. The minimum absolute atomic E-state index is 0.109. The number of nitrogens with one attached hydrogen (secondary N) is 2. The van der Waals surface area contributed by atoms with Crippen molar-refractivity contribution in [2.24, 2.45) is 0 Å². The Bertz CT molecular complexity index is 1160. The van der Waals surface area contributed by atoms with Gasteiger partial charge in [-0.25, -0.2) is 0 Å². The van der Waals surface area contributed by atoms with E-state index in [4.69, 9.17) is 9.47 Å². The third-order valence-corrected chi connectivity index (χ3v) is 5.99. The number of benzene rings is 2.